The van der Waals surface area contributed by atoms with E-state index in [1.54, 1.807) is 6.92 Å². The third-order valence-electron chi connectivity index (χ3n) is 6.43. The van der Waals surface area contributed by atoms with E-state index in [-0.39, 0.29) is 67.5 Å². The van der Waals surface area contributed by atoms with Gasteiger partial charge in [0, 0.05) is 12.8 Å². The topological polar surface area (TPSA) is 276 Å². The van der Waals surface area contributed by atoms with Gasteiger partial charge in [0.05, 0.1) is 55.9 Å². The van der Waals surface area contributed by atoms with Gasteiger partial charge in [0.1, 0.15) is 6.04 Å². The first-order valence-corrected chi connectivity index (χ1v) is 15.4. The minimum absolute atomic E-state index is 0.0167. The second-order valence-electron chi connectivity index (χ2n) is 10.2. The number of carbonyl (C=O) groups excluding carboxylic acids is 6. The van der Waals surface area contributed by atoms with Crippen LogP contribution in [-0.4, -0.2) is 92.1 Å². The highest BCUT2D eigenvalue weighted by Crippen LogP contribution is 2.37. The Balaban J connectivity index is 2.66. The number of unbranched alkanes of at least 4 members (excludes halogenated alkanes) is 1. The fraction of sp³-hybridized carbons (Fsp3) is 0.571. The lowest BCUT2D eigenvalue weighted by Crippen LogP contribution is -2.51. The minimum Gasteiger partial charge on any atom is -0.493 e. The maximum atomic E-state index is 12.6. The molecule has 19 heteroatoms. The van der Waals surface area contributed by atoms with Gasteiger partial charge >= 0.3 is 0 Å². The van der Waals surface area contributed by atoms with E-state index >= 15 is 0 Å². The number of nitrogens with two attached hydrogens (primary N) is 2. The van der Waals surface area contributed by atoms with Crippen LogP contribution in [0.4, 0.5) is 5.69 Å². The molecule has 0 radical (unpaired) electrons. The highest BCUT2D eigenvalue weighted by Gasteiger charge is 2.25. The number of nitrogens with zero attached hydrogens (tertiary/aromatic N) is 1. The van der Waals surface area contributed by atoms with Crippen molar-refractivity contribution in [2.45, 2.75) is 57.5 Å². The molecule has 0 bridgehead atoms. The van der Waals surface area contributed by atoms with Crippen molar-refractivity contribution in [1.29, 1.82) is 0 Å². The highest BCUT2D eigenvalue weighted by molar-refractivity contribution is 7.80. The van der Waals surface area contributed by atoms with Gasteiger partial charge in [-0.25, -0.2) is 0 Å². The molecule has 47 heavy (non-hydrogen) atoms. The quantitative estimate of drug-likeness (QED) is 0.0290. The number of ether oxygens (including phenoxy) is 2. The molecule has 1 rings (SSSR count). The lowest BCUT2D eigenvalue weighted by molar-refractivity contribution is -0.385. The number of nitrogens with one attached hydrogen (secondary N) is 5. The number of primary amides is 1. The lowest BCUT2D eigenvalue weighted by Gasteiger charge is -2.18. The zero-order valence-electron chi connectivity index (χ0n) is 26.4. The van der Waals surface area contributed by atoms with Crippen LogP contribution in [0.25, 0.3) is 0 Å². The summed E-state index contributed by atoms with van der Waals surface area (Å²) < 4.78 is 11.0. The van der Waals surface area contributed by atoms with Crippen molar-refractivity contribution in [2.75, 3.05) is 45.6 Å². The Morgan fingerprint density at radius 2 is 1.57 bits per heavy atom. The summed E-state index contributed by atoms with van der Waals surface area (Å²) in [4.78, 5) is 83.0. The number of hydrogen-bond acceptors (Lipinski definition) is 12. The van der Waals surface area contributed by atoms with Crippen molar-refractivity contribution in [3.05, 3.63) is 27.8 Å². The summed E-state index contributed by atoms with van der Waals surface area (Å²) >= 11 is 4.01. The van der Waals surface area contributed by atoms with Gasteiger partial charge < -0.3 is 47.5 Å². The molecule has 0 saturated carbocycles. The molecule has 9 N–H and O–H groups in total. The number of nitro groups is 1. The van der Waals surface area contributed by atoms with E-state index in [1.807, 2.05) is 0 Å². The number of amides is 6. The normalized spacial score (nSPS) is 11.7. The molecule has 0 saturated heterocycles. The van der Waals surface area contributed by atoms with Crippen LogP contribution >= 0.6 is 12.6 Å². The molecule has 0 aliphatic carbocycles. The Bertz CT molecular complexity index is 1270. The van der Waals surface area contributed by atoms with Crippen LogP contribution in [0.1, 0.15) is 57.1 Å². The molecule has 262 valence electrons. The highest BCUT2D eigenvalue weighted by atomic mass is 32.1. The van der Waals surface area contributed by atoms with Gasteiger partial charge in [-0.15, -0.1) is 0 Å². The van der Waals surface area contributed by atoms with Crippen LogP contribution in [0.15, 0.2) is 12.1 Å². The van der Waals surface area contributed by atoms with Crippen molar-refractivity contribution in [3.8, 4) is 11.5 Å². The van der Waals surface area contributed by atoms with Crippen LogP contribution in [0, 0.1) is 10.1 Å². The number of rotatable bonds is 23. The Labute approximate surface area is 277 Å². The summed E-state index contributed by atoms with van der Waals surface area (Å²) in [5.74, 6) is -2.89. The number of benzene rings is 1. The van der Waals surface area contributed by atoms with Gasteiger partial charge in [0.2, 0.25) is 35.4 Å². The number of thiol groups is 1. The summed E-state index contributed by atoms with van der Waals surface area (Å²) in [6.45, 7) is 0.708. The van der Waals surface area contributed by atoms with Crippen molar-refractivity contribution < 1.29 is 43.2 Å². The molecule has 18 nitrogen and oxygen atoms in total. The van der Waals surface area contributed by atoms with Gasteiger partial charge in [-0.1, -0.05) is 0 Å². The summed E-state index contributed by atoms with van der Waals surface area (Å²) in [6, 6.07) is 0.907. The molecular weight excluding hydrogens is 640 g/mol. The molecule has 0 spiro atoms. The van der Waals surface area contributed by atoms with E-state index in [4.69, 9.17) is 20.9 Å². The summed E-state index contributed by atoms with van der Waals surface area (Å²) in [5.41, 5.74) is 10.4. The van der Waals surface area contributed by atoms with Gasteiger partial charge in [-0.05, 0) is 51.0 Å². The largest absolute Gasteiger partial charge is 0.493 e. The van der Waals surface area contributed by atoms with Crippen molar-refractivity contribution in [2.24, 2.45) is 11.5 Å². The van der Waals surface area contributed by atoms with E-state index < -0.39 is 59.6 Å². The summed E-state index contributed by atoms with van der Waals surface area (Å²) in [5, 5.41) is 24.0. The van der Waals surface area contributed by atoms with Crippen LogP contribution in [-0.2, 0) is 28.8 Å². The van der Waals surface area contributed by atoms with E-state index in [2.05, 4.69) is 39.2 Å². The molecule has 0 heterocycles. The van der Waals surface area contributed by atoms with Crippen LogP contribution in [0.2, 0.25) is 0 Å². The first kappa shape index (κ1) is 40.4. The SMILES string of the molecule is COc1cc(C(C)NC(=O)CCS)c([N+](=O)[O-])cc1OCCCC(=O)NCC(=O)NC(CCCCN)C(=O)NCC(=O)NCC(N)=O. The molecule has 1 aromatic carbocycles. The average Bonchev–Trinajstić information content (AvgIpc) is 3.02. The zero-order valence-corrected chi connectivity index (χ0v) is 27.3. The molecule has 0 fully saturated rings. The predicted molar refractivity (Wildman–Crippen MR) is 172 cm³/mol. The fourth-order valence-electron chi connectivity index (χ4n) is 4.06. The van der Waals surface area contributed by atoms with E-state index in [0.717, 1.165) is 0 Å². The molecule has 2 atom stereocenters. The minimum atomic E-state index is -0.999. The van der Waals surface area contributed by atoms with Crippen LogP contribution in [0.5, 0.6) is 11.5 Å². The average molecular weight is 685 g/mol. The second-order valence-corrected chi connectivity index (χ2v) is 10.6. The maximum absolute atomic E-state index is 12.6. The Morgan fingerprint density at radius 3 is 2.19 bits per heavy atom. The fourth-order valence-corrected chi connectivity index (χ4v) is 4.27. The van der Waals surface area contributed by atoms with E-state index in [1.165, 1.54) is 19.2 Å². The standard InChI is InChI=1S/C28H44N8O10S/c1-17(34-25(39)8-11-47)18-12-21(45-2)22(13-20(18)36(43)44)46-10-5-7-24(38)32-16-27(41)35-19(6-3-4-9-29)28(42)33-15-26(40)31-14-23(30)37/h12-13,17,19,47H,3-11,14-16,29H2,1-2H3,(H2,30,37)(H,31,40)(H,32,38)(H,33,42)(H,34,39)(H,35,41). The summed E-state index contributed by atoms with van der Waals surface area (Å²) in [6.07, 6.45) is 1.62. The monoisotopic (exact) mass is 684 g/mol. The smallest absolute Gasteiger partial charge is 0.278 e. The van der Waals surface area contributed by atoms with Crippen molar-refractivity contribution in [1.82, 2.24) is 26.6 Å². The number of methoxy groups -OCH3 is 1. The second kappa shape index (κ2) is 22.0. The first-order valence-electron chi connectivity index (χ1n) is 14.8. The molecular formula is C28H44N8O10S. The van der Waals surface area contributed by atoms with Gasteiger partial charge in [0.25, 0.3) is 5.69 Å². The third-order valence-corrected chi connectivity index (χ3v) is 6.65. The van der Waals surface area contributed by atoms with Gasteiger partial charge in [-0.2, -0.15) is 12.6 Å². The molecule has 0 aromatic heterocycles. The zero-order chi connectivity index (χ0) is 35.4. The van der Waals surface area contributed by atoms with Gasteiger partial charge in [-0.3, -0.25) is 38.9 Å². The van der Waals surface area contributed by atoms with E-state index in [0.29, 0.717) is 25.1 Å². The van der Waals surface area contributed by atoms with Gasteiger partial charge in [0.15, 0.2) is 11.5 Å². The van der Waals surface area contributed by atoms with Crippen molar-refractivity contribution >= 4 is 53.8 Å². The number of carbonyl (C=O) groups is 6. The molecule has 1 aromatic rings. The Hall–Kier alpha value is -4.65. The molecule has 0 aliphatic rings. The maximum Gasteiger partial charge on any atom is 0.278 e. The van der Waals surface area contributed by atoms with Crippen molar-refractivity contribution in [3.63, 3.8) is 0 Å². The molecule has 0 aliphatic heterocycles. The lowest BCUT2D eigenvalue weighted by atomic mass is 10.0. The summed E-state index contributed by atoms with van der Waals surface area (Å²) in [7, 11) is 1.36. The van der Waals surface area contributed by atoms with Crippen LogP contribution < -0.4 is 47.5 Å². The van der Waals surface area contributed by atoms with E-state index in [9.17, 15) is 38.9 Å². The third kappa shape index (κ3) is 16.0. The Morgan fingerprint density at radius 1 is 0.894 bits per heavy atom. The first-order chi connectivity index (χ1) is 22.3. The molecule has 2 unspecified atom stereocenters. The molecule has 6 amide bonds. The predicted octanol–water partition coefficient (Wildman–Crippen LogP) is -1.29. The number of hydrogen-bond donors (Lipinski definition) is 8. The Kier molecular flexibility index (Phi) is 18.9. The number of nitro benzene ring substituents is 1. The van der Waals surface area contributed by atoms with Crippen LogP contribution in [0.3, 0.4) is 0 Å².